The van der Waals surface area contributed by atoms with E-state index in [1.807, 2.05) is 30.3 Å². The number of imidazole rings is 1. The fourth-order valence-electron chi connectivity index (χ4n) is 1.79. The lowest BCUT2D eigenvalue weighted by molar-refractivity contribution is -0.114. The number of nitrogens with zero attached hydrogens (tertiary/aromatic N) is 2. The van der Waals surface area contributed by atoms with Gasteiger partial charge in [0.2, 0.25) is 5.91 Å². The number of para-hydroxylation sites is 1. The zero-order valence-corrected chi connectivity index (χ0v) is 11.3. The van der Waals surface area contributed by atoms with Crippen LogP contribution in [0.4, 0.5) is 5.82 Å². The molecule has 0 aliphatic rings. The SMILES string of the molecule is CCOC(=O)c1c(NC(C)=O)ncn1-c1ccccc1. The number of hydrogen-bond acceptors (Lipinski definition) is 4. The van der Waals surface area contributed by atoms with Gasteiger partial charge in [-0.05, 0) is 19.1 Å². The Morgan fingerprint density at radius 1 is 1.30 bits per heavy atom. The van der Waals surface area contributed by atoms with Gasteiger partial charge in [0.1, 0.15) is 6.33 Å². The summed E-state index contributed by atoms with van der Waals surface area (Å²) in [5.41, 5.74) is 0.966. The molecule has 2 aromatic rings. The van der Waals surface area contributed by atoms with Crippen molar-refractivity contribution in [2.75, 3.05) is 11.9 Å². The Bertz CT molecular complexity index is 620. The maximum Gasteiger partial charge on any atom is 0.359 e. The van der Waals surface area contributed by atoms with Crippen LogP contribution < -0.4 is 5.32 Å². The summed E-state index contributed by atoms with van der Waals surface area (Å²) in [5.74, 6) is -0.633. The number of esters is 1. The first-order valence-electron chi connectivity index (χ1n) is 6.21. The summed E-state index contributed by atoms with van der Waals surface area (Å²) >= 11 is 0. The van der Waals surface area contributed by atoms with Gasteiger partial charge >= 0.3 is 5.97 Å². The summed E-state index contributed by atoms with van der Waals surface area (Å²) in [6.45, 7) is 3.33. The lowest BCUT2D eigenvalue weighted by Gasteiger charge is -2.09. The number of carbonyl (C=O) groups is 2. The molecule has 6 heteroatoms. The number of aromatic nitrogens is 2. The summed E-state index contributed by atoms with van der Waals surface area (Å²) in [7, 11) is 0. The number of benzene rings is 1. The van der Waals surface area contributed by atoms with E-state index in [2.05, 4.69) is 10.3 Å². The number of anilines is 1. The highest BCUT2D eigenvalue weighted by Crippen LogP contribution is 2.19. The lowest BCUT2D eigenvalue weighted by atomic mass is 10.3. The Hall–Kier alpha value is -2.63. The van der Waals surface area contributed by atoms with Crippen LogP contribution in [-0.2, 0) is 9.53 Å². The highest BCUT2D eigenvalue weighted by atomic mass is 16.5. The van der Waals surface area contributed by atoms with Gasteiger partial charge in [0.25, 0.3) is 0 Å². The molecule has 1 amide bonds. The van der Waals surface area contributed by atoms with E-state index >= 15 is 0 Å². The Kier molecular flexibility index (Phi) is 4.14. The van der Waals surface area contributed by atoms with E-state index in [1.165, 1.54) is 13.3 Å². The number of ether oxygens (including phenoxy) is 1. The highest BCUT2D eigenvalue weighted by molar-refractivity contribution is 5.98. The normalized spacial score (nSPS) is 10.1. The van der Waals surface area contributed by atoms with Gasteiger partial charge in [0, 0.05) is 12.6 Å². The Morgan fingerprint density at radius 2 is 2.00 bits per heavy atom. The fourth-order valence-corrected chi connectivity index (χ4v) is 1.79. The molecule has 1 heterocycles. The van der Waals surface area contributed by atoms with Gasteiger partial charge in [-0.25, -0.2) is 9.78 Å². The molecule has 0 atom stereocenters. The van der Waals surface area contributed by atoms with Crippen molar-refractivity contribution in [1.29, 1.82) is 0 Å². The van der Waals surface area contributed by atoms with Crippen molar-refractivity contribution >= 4 is 17.7 Å². The maximum atomic E-state index is 12.1. The molecular formula is C14H15N3O3. The first-order valence-corrected chi connectivity index (χ1v) is 6.21. The molecule has 0 aliphatic heterocycles. The van der Waals surface area contributed by atoms with Crippen molar-refractivity contribution < 1.29 is 14.3 Å². The van der Waals surface area contributed by atoms with E-state index in [0.29, 0.717) is 0 Å². The van der Waals surface area contributed by atoms with Gasteiger partial charge in [-0.2, -0.15) is 0 Å². The molecule has 0 saturated carbocycles. The summed E-state index contributed by atoms with van der Waals surface area (Å²) in [4.78, 5) is 27.3. The fraction of sp³-hybridized carbons (Fsp3) is 0.214. The van der Waals surface area contributed by atoms with Crippen molar-refractivity contribution in [3.8, 4) is 5.69 Å². The Morgan fingerprint density at radius 3 is 2.60 bits per heavy atom. The first-order chi connectivity index (χ1) is 9.63. The molecule has 104 valence electrons. The molecule has 0 fully saturated rings. The van der Waals surface area contributed by atoms with E-state index in [-0.39, 0.29) is 24.0 Å². The average molecular weight is 273 g/mol. The third-order valence-corrected chi connectivity index (χ3v) is 2.57. The topological polar surface area (TPSA) is 73.2 Å². The zero-order valence-electron chi connectivity index (χ0n) is 11.3. The van der Waals surface area contributed by atoms with Crippen LogP contribution in [0.2, 0.25) is 0 Å². The quantitative estimate of drug-likeness (QED) is 0.865. The Labute approximate surface area is 116 Å². The second-order valence-corrected chi connectivity index (χ2v) is 4.05. The van der Waals surface area contributed by atoms with E-state index in [1.54, 1.807) is 11.5 Å². The second kappa shape index (κ2) is 6.01. The molecule has 0 saturated heterocycles. The van der Waals surface area contributed by atoms with Gasteiger partial charge in [-0.15, -0.1) is 0 Å². The maximum absolute atomic E-state index is 12.1. The summed E-state index contributed by atoms with van der Waals surface area (Å²) in [5, 5.41) is 2.53. The van der Waals surface area contributed by atoms with E-state index < -0.39 is 5.97 Å². The summed E-state index contributed by atoms with van der Waals surface area (Å²) in [6, 6.07) is 9.24. The largest absolute Gasteiger partial charge is 0.461 e. The zero-order chi connectivity index (χ0) is 14.5. The minimum absolute atomic E-state index is 0.194. The number of amides is 1. The lowest BCUT2D eigenvalue weighted by Crippen LogP contribution is -2.15. The molecule has 1 N–H and O–H groups in total. The minimum atomic E-state index is -0.530. The van der Waals surface area contributed by atoms with Gasteiger partial charge in [0.05, 0.1) is 6.61 Å². The molecule has 0 radical (unpaired) electrons. The molecule has 0 spiro atoms. The van der Waals surface area contributed by atoms with Gasteiger partial charge in [-0.1, -0.05) is 18.2 Å². The van der Waals surface area contributed by atoms with Crippen LogP contribution in [-0.4, -0.2) is 28.0 Å². The number of hydrogen-bond donors (Lipinski definition) is 1. The molecule has 0 unspecified atom stereocenters. The molecule has 0 bridgehead atoms. The smallest absolute Gasteiger partial charge is 0.359 e. The highest BCUT2D eigenvalue weighted by Gasteiger charge is 2.21. The molecule has 0 aliphatic carbocycles. The van der Waals surface area contributed by atoms with Gasteiger partial charge in [-0.3, -0.25) is 9.36 Å². The van der Waals surface area contributed by atoms with Crippen LogP contribution >= 0.6 is 0 Å². The monoisotopic (exact) mass is 273 g/mol. The van der Waals surface area contributed by atoms with Crippen LogP contribution in [0.15, 0.2) is 36.7 Å². The standard InChI is InChI=1S/C14H15N3O3/c1-3-20-14(19)12-13(16-10(2)18)15-9-17(12)11-7-5-4-6-8-11/h4-9H,3H2,1-2H3,(H,16,18). The van der Waals surface area contributed by atoms with Crippen molar-refractivity contribution in [3.05, 3.63) is 42.4 Å². The molecule has 2 rings (SSSR count). The van der Waals surface area contributed by atoms with Gasteiger partial charge in [0.15, 0.2) is 11.5 Å². The minimum Gasteiger partial charge on any atom is -0.461 e. The third kappa shape index (κ3) is 2.85. The first kappa shape index (κ1) is 13.8. The van der Waals surface area contributed by atoms with Crippen molar-refractivity contribution in [2.24, 2.45) is 0 Å². The van der Waals surface area contributed by atoms with E-state index in [0.717, 1.165) is 5.69 Å². The third-order valence-electron chi connectivity index (χ3n) is 2.57. The van der Waals surface area contributed by atoms with Crippen LogP contribution in [0.25, 0.3) is 5.69 Å². The molecular weight excluding hydrogens is 258 g/mol. The number of carbonyl (C=O) groups excluding carboxylic acids is 2. The van der Waals surface area contributed by atoms with Crippen LogP contribution in [0, 0.1) is 0 Å². The molecule has 1 aromatic carbocycles. The Balaban J connectivity index is 2.49. The molecule has 1 aromatic heterocycles. The van der Waals surface area contributed by atoms with E-state index in [9.17, 15) is 9.59 Å². The van der Waals surface area contributed by atoms with Crippen LogP contribution in [0.3, 0.4) is 0 Å². The van der Waals surface area contributed by atoms with Gasteiger partial charge < -0.3 is 10.1 Å². The molecule has 6 nitrogen and oxygen atoms in total. The van der Waals surface area contributed by atoms with Crippen molar-refractivity contribution in [2.45, 2.75) is 13.8 Å². The average Bonchev–Trinajstić information content (AvgIpc) is 2.83. The van der Waals surface area contributed by atoms with E-state index in [4.69, 9.17) is 4.74 Å². The second-order valence-electron chi connectivity index (χ2n) is 4.05. The summed E-state index contributed by atoms with van der Waals surface area (Å²) in [6.07, 6.45) is 1.48. The summed E-state index contributed by atoms with van der Waals surface area (Å²) < 4.78 is 6.61. The van der Waals surface area contributed by atoms with Crippen LogP contribution in [0.1, 0.15) is 24.3 Å². The van der Waals surface area contributed by atoms with Crippen molar-refractivity contribution in [1.82, 2.24) is 9.55 Å². The number of rotatable bonds is 4. The van der Waals surface area contributed by atoms with Crippen molar-refractivity contribution in [3.63, 3.8) is 0 Å². The number of nitrogens with one attached hydrogen (secondary N) is 1. The molecule has 20 heavy (non-hydrogen) atoms. The predicted molar refractivity (Wildman–Crippen MR) is 73.8 cm³/mol. The van der Waals surface area contributed by atoms with Crippen LogP contribution in [0.5, 0.6) is 0 Å². The predicted octanol–water partition coefficient (Wildman–Crippen LogP) is 2.01.